The molecular formula is C20H16FNO2S. The number of fused-ring (bicyclic) bond motifs is 1. The largest absolute Gasteiger partial charge is 0.337 e. The van der Waals surface area contributed by atoms with E-state index >= 15 is 0 Å². The lowest BCUT2D eigenvalue weighted by Crippen LogP contribution is -2.29. The van der Waals surface area contributed by atoms with Gasteiger partial charge in [-0.3, -0.25) is 9.59 Å². The molecule has 3 nitrogen and oxygen atoms in total. The lowest BCUT2D eigenvalue weighted by atomic mass is 9.97. The summed E-state index contributed by atoms with van der Waals surface area (Å²) in [6, 6.07) is 15.4. The maximum absolute atomic E-state index is 13.0. The van der Waals surface area contributed by atoms with Crippen molar-refractivity contribution in [1.29, 1.82) is 0 Å². The molecule has 1 saturated heterocycles. The molecule has 0 bridgehead atoms. The monoisotopic (exact) mass is 353 g/mol. The minimum absolute atomic E-state index is 0.0180. The number of hydrogen-bond acceptors (Lipinski definition) is 3. The van der Waals surface area contributed by atoms with Crippen molar-refractivity contribution in [2.45, 2.75) is 6.42 Å². The first-order chi connectivity index (χ1) is 12.1. The minimum atomic E-state index is -0.357. The number of hydrogen-bond donors (Lipinski definition) is 0. The quantitative estimate of drug-likeness (QED) is 0.655. The van der Waals surface area contributed by atoms with Gasteiger partial charge < -0.3 is 4.90 Å². The van der Waals surface area contributed by atoms with Crippen LogP contribution in [-0.2, 0) is 0 Å². The third-order valence-corrected chi connectivity index (χ3v) is 5.72. The summed E-state index contributed by atoms with van der Waals surface area (Å²) >= 11 is 1.48. The zero-order chi connectivity index (χ0) is 17.4. The molecule has 1 unspecified atom stereocenters. The highest BCUT2D eigenvalue weighted by atomic mass is 32.1. The fraction of sp³-hybridized carbons (Fsp3) is 0.200. The third kappa shape index (κ3) is 3.07. The summed E-state index contributed by atoms with van der Waals surface area (Å²) in [4.78, 5) is 27.7. The lowest BCUT2D eigenvalue weighted by Gasteiger charge is -2.15. The maximum atomic E-state index is 13.0. The molecule has 4 rings (SSSR count). The number of carbonyl (C=O) groups excluding carboxylic acids is 2. The average molecular weight is 353 g/mol. The van der Waals surface area contributed by atoms with Crippen LogP contribution in [-0.4, -0.2) is 29.7 Å². The maximum Gasteiger partial charge on any atom is 0.263 e. The lowest BCUT2D eigenvalue weighted by molar-refractivity contribution is 0.0785. The molecule has 2 aromatic carbocycles. The van der Waals surface area contributed by atoms with Crippen LogP contribution in [0.25, 0.3) is 10.1 Å². The van der Waals surface area contributed by atoms with Crippen molar-refractivity contribution in [3.05, 3.63) is 70.9 Å². The second-order valence-electron chi connectivity index (χ2n) is 6.26. The zero-order valence-corrected chi connectivity index (χ0v) is 14.3. The summed E-state index contributed by atoms with van der Waals surface area (Å²) in [6.07, 6.45) is 0.646. The normalized spacial score (nSPS) is 17.2. The van der Waals surface area contributed by atoms with Crippen LogP contribution >= 0.6 is 11.3 Å². The summed E-state index contributed by atoms with van der Waals surface area (Å²) in [5.41, 5.74) is 0.502. The van der Waals surface area contributed by atoms with E-state index in [-0.39, 0.29) is 23.4 Å². The van der Waals surface area contributed by atoms with Gasteiger partial charge >= 0.3 is 0 Å². The van der Waals surface area contributed by atoms with E-state index in [0.29, 0.717) is 30.0 Å². The highest BCUT2D eigenvalue weighted by Crippen LogP contribution is 2.29. The van der Waals surface area contributed by atoms with Crippen molar-refractivity contribution in [2.24, 2.45) is 5.92 Å². The van der Waals surface area contributed by atoms with Gasteiger partial charge in [0.2, 0.25) is 0 Å². The predicted molar refractivity (Wildman–Crippen MR) is 96.6 cm³/mol. The molecule has 0 N–H and O–H groups in total. The molecule has 0 saturated carbocycles. The summed E-state index contributed by atoms with van der Waals surface area (Å²) in [7, 11) is 0. The fourth-order valence-electron chi connectivity index (χ4n) is 3.25. The Bertz CT molecular complexity index is 915. The number of thiophene rings is 1. The third-order valence-electron chi connectivity index (χ3n) is 4.61. The molecule has 0 spiro atoms. The number of ketones is 1. The Labute approximate surface area is 148 Å². The Morgan fingerprint density at radius 2 is 1.84 bits per heavy atom. The molecule has 1 aromatic heterocycles. The van der Waals surface area contributed by atoms with Gasteiger partial charge in [-0.1, -0.05) is 18.2 Å². The van der Waals surface area contributed by atoms with Crippen molar-refractivity contribution in [3.8, 4) is 0 Å². The first-order valence-electron chi connectivity index (χ1n) is 8.19. The molecule has 1 amide bonds. The van der Waals surface area contributed by atoms with E-state index in [1.54, 1.807) is 4.90 Å². The molecule has 5 heteroatoms. The SMILES string of the molecule is O=C(c1ccc(F)cc1)C1CCN(C(=O)c2cc3ccccc3s2)C1. The van der Waals surface area contributed by atoms with Crippen LogP contribution < -0.4 is 0 Å². The Hall–Kier alpha value is -2.53. The number of likely N-dealkylation sites (tertiary alicyclic amines) is 1. The van der Waals surface area contributed by atoms with Gasteiger partial charge in [0.05, 0.1) is 4.88 Å². The topological polar surface area (TPSA) is 37.4 Å². The first kappa shape index (κ1) is 16.0. The van der Waals surface area contributed by atoms with Gasteiger partial charge in [0.15, 0.2) is 5.78 Å². The summed E-state index contributed by atoms with van der Waals surface area (Å²) < 4.78 is 14.1. The van der Waals surface area contributed by atoms with Crippen LogP contribution in [0.15, 0.2) is 54.6 Å². The molecular weight excluding hydrogens is 337 g/mol. The number of rotatable bonds is 3. The van der Waals surface area contributed by atoms with Gasteiger partial charge in [-0.2, -0.15) is 0 Å². The highest BCUT2D eigenvalue weighted by Gasteiger charge is 2.32. The Balaban J connectivity index is 1.48. The summed E-state index contributed by atoms with van der Waals surface area (Å²) in [6.45, 7) is 0.994. The molecule has 1 fully saturated rings. The zero-order valence-electron chi connectivity index (χ0n) is 13.4. The van der Waals surface area contributed by atoms with Gasteiger partial charge in [-0.05, 0) is 48.2 Å². The first-order valence-corrected chi connectivity index (χ1v) is 9.01. The standard InChI is InChI=1S/C20H16FNO2S/c21-16-7-5-13(6-8-16)19(23)15-9-10-22(12-15)20(24)18-11-14-3-1-2-4-17(14)25-18/h1-8,11,15H,9-10,12H2. The van der Waals surface area contributed by atoms with Gasteiger partial charge in [0, 0.05) is 29.3 Å². The molecule has 25 heavy (non-hydrogen) atoms. The van der Waals surface area contributed by atoms with E-state index in [1.807, 2.05) is 30.3 Å². The van der Waals surface area contributed by atoms with Crippen molar-refractivity contribution in [3.63, 3.8) is 0 Å². The van der Waals surface area contributed by atoms with E-state index in [1.165, 1.54) is 35.6 Å². The second kappa shape index (κ2) is 6.41. The molecule has 1 atom stereocenters. The smallest absolute Gasteiger partial charge is 0.263 e. The van der Waals surface area contributed by atoms with Crippen LogP contribution in [0.4, 0.5) is 4.39 Å². The van der Waals surface area contributed by atoms with E-state index in [2.05, 4.69) is 0 Å². The summed E-state index contributed by atoms with van der Waals surface area (Å²) in [5.74, 6) is -0.615. The fourth-order valence-corrected chi connectivity index (χ4v) is 4.28. The predicted octanol–water partition coefficient (Wildman–Crippen LogP) is 4.39. The van der Waals surface area contributed by atoms with Crippen molar-refractivity contribution in [2.75, 3.05) is 13.1 Å². The number of benzene rings is 2. The number of nitrogens with zero attached hydrogens (tertiary/aromatic N) is 1. The number of amides is 1. The molecule has 126 valence electrons. The van der Waals surface area contributed by atoms with Crippen molar-refractivity contribution < 1.29 is 14.0 Å². The average Bonchev–Trinajstić information content (AvgIpc) is 3.28. The van der Waals surface area contributed by atoms with E-state index in [4.69, 9.17) is 0 Å². The summed E-state index contributed by atoms with van der Waals surface area (Å²) in [5, 5.41) is 1.06. The van der Waals surface area contributed by atoms with Gasteiger partial charge in [-0.25, -0.2) is 4.39 Å². The minimum Gasteiger partial charge on any atom is -0.337 e. The highest BCUT2D eigenvalue weighted by molar-refractivity contribution is 7.20. The second-order valence-corrected chi connectivity index (χ2v) is 7.34. The Morgan fingerprint density at radius 1 is 1.08 bits per heavy atom. The van der Waals surface area contributed by atoms with Crippen LogP contribution in [0.3, 0.4) is 0 Å². The molecule has 0 radical (unpaired) electrons. The van der Waals surface area contributed by atoms with Gasteiger partial charge in [0.25, 0.3) is 5.91 Å². The molecule has 1 aliphatic rings. The van der Waals surface area contributed by atoms with Crippen molar-refractivity contribution >= 4 is 33.1 Å². The Morgan fingerprint density at radius 3 is 2.60 bits per heavy atom. The van der Waals surface area contributed by atoms with Crippen LogP contribution in [0, 0.1) is 11.7 Å². The molecule has 0 aliphatic carbocycles. The Kier molecular flexibility index (Phi) is 4.09. The van der Waals surface area contributed by atoms with Crippen LogP contribution in [0.2, 0.25) is 0 Å². The van der Waals surface area contributed by atoms with Gasteiger partial charge in [0.1, 0.15) is 5.82 Å². The van der Waals surface area contributed by atoms with E-state index in [0.717, 1.165) is 10.1 Å². The van der Waals surface area contributed by atoms with Crippen molar-refractivity contribution in [1.82, 2.24) is 4.90 Å². The van der Waals surface area contributed by atoms with Crippen LogP contribution in [0.5, 0.6) is 0 Å². The van der Waals surface area contributed by atoms with Gasteiger partial charge in [-0.15, -0.1) is 11.3 Å². The molecule has 2 heterocycles. The molecule has 1 aliphatic heterocycles. The number of carbonyl (C=O) groups is 2. The number of Topliss-reactive ketones (excluding diaryl/α,β-unsaturated/α-hetero) is 1. The van der Waals surface area contributed by atoms with Crippen LogP contribution in [0.1, 0.15) is 26.5 Å². The van der Waals surface area contributed by atoms with E-state index in [9.17, 15) is 14.0 Å². The van der Waals surface area contributed by atoms with E-state index < -0.39 is 0 Å². The molecule has 3 aromatic rings. The number of halogens is 1.